The summed E-state index contributed by atoms with van der Waals surface area (Å²) in [5.74, 6) is 1.67. The van der Waals surface area contributed by atoms with Crippen LogP contribution in [0.25, 0.3) is 0 Å². The fourth-order valence-corrected chi connectivity index (χ4v) is 4.21. The van der Waals surface area contributed by atoms with Gasteiger partial charge in [0.15, 0.2) is 4.77 Å². The molecule has 28 heavy (non-hydrogen) atoms. The van der Waals surface area contributed by atoms with E-state index < -0.39 is 0 Å². The quantitative estimate of drug-likeness (QED) is 0.402. The zero-order valence-electron chi connectivity index (χ0n) is 15.8. The van der Waals surface area contributed by atoms with Gasteiger partial charge in [-0.15, -0.1) is 0 Å². The Balaban J connectivity index is 1.44. The van der Waals surface area contributed by atoms with Crippen LogP contribution in [-0.2, 0) is 13.2 Å². The van der Waals surface area contributed by atoms with E-state index in [9.17, 15) is 10.1 Å². The van der Waals surface area contributed by atoms with Crippen LogP contribution in [0.4, 0.5) is 11.4 Å². The predicted molar refractivity (Wildman–Crippen MR) is 111 cm³/mol. The fraction of sp³-hybridized carbons (Fsp3) is 0.556. The number of nitro benzene ring substituents is 1. The standard InChI is InChI=1S/C18H23ClN6O2S/c1-2-23-17(13-3-4-13)20-24(18(23)28)12-21-7-9-22(10-8-21)15-6-5-14(19)11-16(15)25(26)27/h5-6,11,13H,2-4,7-10,12H2,1H3. The van der Waals surface area contributed by atoms with Gasteiger partial charge < -0.3 is 9.47 Å². The van der Waals surface area contributed by atoms with Gasteiger partial charge in [-0.1, -0.05) is 11.6 Å². The minimum Gasteiger partial charge on any atom is -0.363 e. The molecule has 2 aromatic rings. The highest BCUT2D eigenvalue weighted by molar-refractivity contribution is 7.71. The summed E-state index contributed by atoms with van der Waals surface area (Å²) in [5.41, 5.74) is 0.677. The van der Waals surface area contributed by atoms with Crippen molar-refractivity contribution in [1.29, 1.82) is 0 Å². The molecule has 0 radical (unpaired) electrons. The van der Waals surface area contributed by atoms with Crippen LogP contribution in [0, 0.1) is 14.9 Å². The largest absolute Gasteiger partial charge is 0.363 e. The lowest BCUT2D eigenvalue weighted by molar-refractivity contribution is -0.384. The molecular formula is C18H23ClN6O2S. The number of nitrogens with zero attached hydrogens (tertiary/aromatic N) is 6. The smallest absolute Gasteiger partial charge is 0.294 e. The highest BCUT2D eigenvalue weighted by atomic mass is 35.5. The van der Waals surface area contributed by atoms with Crippen molar-refractivity contribution in [2.24, 2.45) is 0 Å². The van der Waals surface area contributed by atoms with Crippen LogP contribution >= 0.6 is 23.8 Å². The van der Waals surface area contributed by atoms with Crippen molar-refractivity contribution >= 4 is 35.2 Å². The normalized spacial score (nSPS) is 17.9. The van der Waals surface area contributed by atoms with Gasteiger partial charge in [0.25, 0.3) is 5.69 Å². The summed E-state index contributed by atoms with van der Waals surface area (Å²) in [5, 5.41) is 16.5. The van der Waals surface area contributed by atoms with Crippen molar-refractivity contribution in [2.45, 2.75) is 38.9 Å². The van der Waals surface area contributed by atoms with E-state index in [4.69, 9.17) is 28.9 Å². The topological polar surface area (TPSA) is 72.4 Å². The van der Waals surface area contributed by atoms with Crippen LogP contribution in [0.15, 0.2) is 18.2 Å². The number of piperazine rings is 1. The van der Waals surface area contributed by atoms with Crippen molar-refractivity contribution in [3.63, 3.8) is 0 Å². The molecule has 1 saturated heterocycles. The summed E-state index contributed by atoms with van der Waals surface area (Å²) < 4.78 is 4.84. The molecule has 0 unspecified atom stereocenters. The third-order valence-corrected chi connectivity index (χ3v) is 6.06. The van der Waals surface area contributed by atoms with E-state index in [1.807, 2.05) is 9.58 Å². The van der Waals surface area contributed by atoms with Crippen LogP contribution in [0.3, 0.4) is 0 Å². The Labute approximate surface area is 173 Å². The lowest BCUT2D eigenvalue weighted by Crippen LogP contribution is -2.47. The first kappa shape index (κ1) is 19.4. The molecule has 2 aliphatic rings. The number of anilines is 1. The van der Waals surface area contributed by atoms with Gasteiger partial charge in [0.05, 0.1) is 11.6 Å². The second kappa shape index (κ2) is 7.81. The second-order valence-electron chi connectivity index (χ2n) is 7.30. The monoisotopic (exact) mass is 422 g/mol. The van der Waals surface area contributed by atoms with E-state index in [0.29, 0.717) is 36.4 Å². The number of hydrogen-bond acceptors (Lipinski definition) is 6. The van der Waals surface area contributed by atoms with E-state index in [1.165, 1.54) is 18.9 Å². The molecular weight excluding hydrogens is 400 g/mol. The molecule has 0 N–H and O–H groups in total. The van der Waals surface area contributed by atoms with Gasteiger partial charge in [0, 0.05) is 49.7 Å². The summed E-state index contributed by atoms with van der Waals surface area (Å²) >= 11 is 11.6. The minimum atomic E-state index is -0.371. The van der Waals surface area contributed by atoms with Gasteiger partial charge in [0.1, 0.15) is 11.5 Å². The van der Waals surface area contributed by atoms with Crippen molar-refractivity contribution < 1.29 is 4.92 Å². The van der Waals surface area contributed by atoms with E-state index in [0.717, 1.165) is 30.2 Å². The maximum Gasteiger partial charge on any atom is 0.294 e. The molecule has 0 spiro atoms. The molecule has 1 aliphatic heterocycles. The number of nitro groups is 1. The third kappa shape index (κ3) is 3.78. The van der Waals surface area contributed by atoms with Crippen molar-refractivity contribution in [1.82, 2.24) is 19.2 Å². The maximum atomic E-state index is 11.4. The molecule has 2 fully saturated rings. The van der Waals surface area contributed by atoms with Gasteiger partial charge in [-0.2, -0.15) is 5.10 Å². The fourth-order valence-electron chi connectivity index (χ4n) is 3.72. The van der Waals surface area contributed by atoms with E-state index in [1.54, 1.807) is 12.1 Å². The molecule has 1 aromatic heterocycles. The first-order valence-electron chi connectivity index (χ1n) is 9.56. The zero-order valence-corrected chi connectivity index (χ0v) is 17.3. The molecule has 10 heteroatoms. The zero-order chi connectivity index (χ0) is 19.8. The Morgan fingerprint density at radius 3 is 2.61 bits per heavy atom. The van der Waals surface area contributed by atoms with E-state index in [2.05, 4.69) is 16.4 Å². The Hall–Kier alpha value is -1.97. The van der Waals surface area contributed by atoms with Crippen LogP contribution in [0.5, 0.6) is 0 Å². The first-order valence-corrected chi connectivity index (χ1v) is 10.4. The van der Waals surface area contributed by atoms with E-state index >= 15 is 0 Å². The number of benzene rings is 1. The van der Waals surface area contributed by atoms with Crippen LogP contribution < -0.4 is 4.90 Å². The average Bonchev–Trinajstić information content (AvgIpc) is 3.48. The molecule has 0 bridgehead atoms. The highest BCUT2D eigenvalue weighted by Crippen LogP contribution is 2.39. The predicted octanol–water partition coefficient (Wildman–Crippen LogP) is 3.65. The van der Waals surface area contributed by atoms with Crippen molar-refractivity contribution in [3.05, 3.63) is 43.9 Å². The lowest BCUT2D eigenvalue weighted by atomic mass is 10.2. The van der Waals surface area contributed by atoms with Crippen LogP contribution in [-0.4, -0.2) is 50.3 Å². The molecule has 0 amide bonds. The highest BCUT2D eigenvalue weighted by Gasteiger charge is 2.30. The first-order chi connectivity index (χ1) is 13.5. The Bertz CT molecular complexity index is 946. The summed E-state index contributed by atoms with van der Waals surface area (Å²) in [4.78, 5) is 15.3. The lowest BCUT2D eigenvalue weighted by Gasteiger charge is -2.35. The average molecular weight is 423 g/mol. The molecule has 1 aromatic carbocycles. The molecule has 2 heterocycles. The molecule has 8 nitrogen and oxygen atoms in total. The van der Waals surface area contributed by atoms with Gasteiger partial charge in [-0.05, 0) is 44.1 Å². The van der Waals surface area contributed by atoms with Crippen molar-refractivity contribution in [2.75, 3.05) is 31.1 Å². The van der Waals surface area contributed by atoms with Gasteiger partial charge in [0.2, 0.25) is 0 Å². The van der Waals surface area contributed by atoms with Crippen LogP contribution in [0.1, 0.15) is 31.5 Å². The van der Waals surface area contributed by atoms with Gasteiger partial charge in [-0.3, -0.25) is 15.0 Å². The summed E-state index contributed by atoms with van der Waals surface area (Å²) in [6.45, 7) is 6.60. The number of rotatable bonds is 6. The Morgan fingerprint density at radius 2 is 2.00 bits per heavy atom. The number of halogens is 1. The molecule has 0 atom stereocenters. The Morgan fingerprint density at radius 1 is 1.29 bits per heavy atom. The van der Waals surface area contributed by atoms with E-state index in [-0.39, 0.29) is 10.6 Å². The summed E-state index contributed by atoms with van der Waals surface area (Å²) in [6.07, 6.45) is 2.40. The molecule has 150 valence electrons. The third-order valence-electron chi connectivity index (χ3n) is 5.39. The summed E-state index contributed by atoms with van der Waals surface area (Å²) in [7, 11) is 0. The number of hydrogen-bond donors (Lipinski definition) is 0. The van der Waals surface area contributed by atoms with Crippen molar-refractivity contribution in [3.8, 4) is 0 Å². The Kier molecular flexibility index (Phi) is 5.39. The second-order valence-corrected chi connectivity index (χ2v) is 8.10. The number of aromatic nitrogens is 3. The molecule has 1 saturated carbocycles. The SMILES string of the molecule is CCn1c(C2CC2)nn(CN2CCN(c3ccc(Cl)cc3[N+](=O)[O-])CC2)c1=S. The van der Waals surface area contributed by atoms with Crippen LogP contribution in [0.2, 0.25) is 5.02 Å². The summed E-state index contributed by atoms with van der Waals surface area (Å²) in [6, 6.07) is 4.85. The molecule has 4 rings (SSSR count). The maximum absolute atomic E-state index is 11.4. The minimum absolute atomic E-state index is 0.0546. The molecule has 1 aliphatic carbocycles. The van der Waals surface area contributed by atoms with Gasteiger partial charge >= 0.3 is 0 Å². The van der Waals surface area contributed by atoms with Gasteiger partial charge in [-0.25, -0.2) is 4.68 Å².